The van der Waals surface area contributed by atoms with E-state index in [0.717, 1.165) is 15.2 Å². The molecule has 0 saturated carbocycles. The summed E-state index contributed by atoms with van der Waals surface area (Å²) in [6.45, 7) is 3.22. The van der Waals surface area contributed by atoms with Crippen molar-refractivity contribution in [3.63, 3.8) is 0 Å². The maximum atomic E-state index is 12.1. The van der Waals surface area contributed by atoms with Gasteiger partial charge in [-0.25, -0.2) is 8.42 Å². The number of rotatable bonds is 6. The first kappa shape index (κ1) is 16.5. The highest BCUT2D eigenvalue weighted by Gasteiger charge is 2.20. The fraction of sp³-hybridized carbons (Fsp3) is 0.400. The van der Waals surface area contributed by atoms with Crippen molar-refractivity contribution in [2.45, 2.75) is 25.5 Å². The Morgan fingerprint density at radius 1 is 1.36 bits per heavy atom. The summed E-state index contributed by atoms with van der Waals surface area (Å²) < 4.78 is 30.4. The molecular weight excluding hydrogens is 304 g/mol. The van der Waals surface area contributed by atoms with Crippen LogP contribution in [0.5, 0.6) is 5.75 Å². The first-order chi connectivity index (χ1) is 10.4. The van der Waals surface area contributed by atoms with Gasteiger partial charge in [-0.3, -0.25) is 0 Å². The van der Waals surface area contributed by atoms with Crippen LogP contribution in [0.25, 0.3) is 11.1 Å². The first-order valence-corrected chi connectivity index (χ1v) is 8.47. The summed E-state index contributed by atoms with van der Waals surface area (Å²) in [6.07, 6.45) is 3.47. The number of ether oxygens (including phenoxy) is 1. The van der Waals surface area contributed by atoms with Gasteiger partial charge in [-0.15, -0.1) is 0 Å². The van der Waals surface area contributed by atoms with E-state index in [1.807, 2.05) is 12.1 Å². The average Bonchev–Trinajstić information content (AvgIpc) is 2.97. The minimum absolute atomic E-state index is 0.00139. The van der Waals surface area contributed by atoms with Gasteiger partial charge in [-0.2, -0.15) is 9.19 Å². The lowest BCUT2D eigenvalue weighted by Gasteiger charge is -2.09. The third-order valence-electron chi connectivity index (χ3n) is 3.42. The quantitative estimate of drug-likeness (QED) is 0.874. The van der Waals surface area contributed by atoms with Crippen molar-refractivity contribution < 1.29 is 18.3 Å². The molecule has 0 spiro atoms. The lowest BCUT2D eigenvalue weighted by Crippen LogP contribution is -2.22. The molecule has 1 aromatic carbocycles. The number of aliphatic hydroxyl groups excluding tert-OH is 1. The van der Waals surface area contributed by atoms with Crippen LogP contribution in [0.4, 0.5) is 0 Å². The van der Waals surface area contributed by atoms with E-state index in [2.05, 4.69) is 5.10 Å². The van der Waals surface area contributed by atoms with Crippen LogP contribution in [0.1, 0.15) is 19.4 Å². The van der Waals surface area contributed by atoms with Crippen molar-refractivity contribution in [2.24, 2.45) is 0 Å². The number of methoxy groups -OCH3 is 1. The van der Waals surface area contributed by atoms with E-state index in [-0.39, 0.29) is 6.61 Å². The van der Waals surface area contributed by atoms with Crippen molar-refractivity contribution in [1.82, 2.24) is 9.19 Å². The number of nitrogens with zero attached hydrogens (tertiary/aromatic N) is 2. The molecule has 0 radical (unpaired) electrons. The van der Waals surface area contributed by atoms with Crippen molar-refractivity contribution in [1.29, 1.82) is 0 Å². The van der Waals surface area contributed by atoms with Gasteiger partial charge in [0.05, 0.1) is 24.8 Å². The van der Waals surface area contributed by atoms with Gasteiger partial charge in [0.2, 0.25) is 0 Å². The number of benzene rings is 1. The van der Waals surface area contributed by atoms with Crippen molar-refractivity contribution in [2.75, 3.05) is 13.7 Å². The lowest BCUT2D eigenvalue weighted by atomic mass is 10.00. The van der Waals surface area contributed by atoms with Crippen LogP contribution in [0.2, 0.25) is 0 Å². The van der Waals surface area contributed by atoms with Crippen LogP contribution in [0.3, 0.4) is 0 Å². The first-order valence-electron chi connectivity index (χ1n) is 6.97. The summed E-state index contributed by atoms with van der Waals surface area (Å²) in [5.74, 6) is 0.689. The molecule has 22 heavy (non-hydrogen) atoms. The molecule has 6 nitrogen and oxygen atoms in total. The van der Waals surface area contributed by atoms with Gasteiger partial charge >= 0.3 is 0 Å². The smallest absolute Gasteiger partial charge is 0.256 e. The Hall–Kier alpha value is -1.86. The van der Waals surface area contributed by atoms with Crippen molar-refractivity contribution >= 4 is 10.0 Å². The highest BCUT2D eigenvalue weighted by atomic mass is 32.2. The predicted octanol–water partition coefficient (Wildman–Crippen LogP) is 1.68. The molecule has 7 heteroatoms. The summed E-state index contributed by atoms with van der Waals surface area (Å²) in [5.41, 5.74) is 2.40. The van der Waals surface area contributed by atoms with Gasteiger partial charge in [-0.05, 0) is 43.5 Å². The Morgan fingerprint density at radius 3 is 2.68 bits per heavy atom. The van der Waals surface area contributed by atoms with E-state index in [1.54, 1.807) is 27.0 Å². The van der Waals surface area contributed by atoms with E-state index < -0.39 is 15.3 Å². The second kappa shape index (κ2) is 6.50. The molecular formula is C15H20N2O4S. The molecule has 0 unspecified atom stereocenters. The number of aromatic nitrogens is 2. The molecule has 120 valence electrons. The Bertz CT molecular complexity index is 751. The topological polar surface area (TPSA) is 81.4 Å². The second-order valence-corrected chi connectivity index (χ2v) is 7.54. The van der Waals surface area contributed by atoms with Crippen LogP contribution in [-0.2, 0) is 16.4 Å². The molecule has 0 aliphatic heterocycles. The van der Waals surface area contributed by atoms with Crippen LogP contribution < -0.4 is 4.74 Å². The highest BCUT2D eigenvalue weighted by molar-refractivity contribution is 7.90. The van der Waals surface area contributed by atoms with E-state index in [1.165, 1.54) is 12.4 Å². The molecule has 1 heterocycles. The van der Waals surface area contributed by atoms with Gasteiger partial charge in [0.25, 0.3) is 10.0 Å². The zero-order valence-corrected chi connectivity index (χ0v) is 13.7. The maximum Gasteiger partial charge on any atom is 0.256 e. The Balaban J connectivity index is 2.47. The van der Waals surface area contributed by atoms with E-state index in [0.29, 0.717) is 17.7 Å². The lowest BCUT2D eigenvalue weighted by molar-refractivity contribution is 0.299. The molecule has 0 aliphatic carbocycles. The zero-order valence-electron chi connectivity index (χ0n) is 12.9. The molecule has 0 amide bonds. The number of hydrogen-bond donors (Lipinski definition) is 1. The minimum atomic E-state index is -3.47. The maximum absolute atomic E-state index is 12.1. The molecule has 0 bridgehead atoms. The van der Waals surface area contributed by atoms with Gasteiger partial charge in [-0.1, -0.05) is 6.07 Å². The van der Waals surface area contributed by atoms with E-state index >= 15 is 0 Å². The van der Waals surface area contributed by atoms with Crippen LogP contribution in [0, 0.1) is 0 Å². The standard InChI is InChI=1S/C15H20N2O4S/c1-11(2)22(19,20)17-10-13(9-16-17)15-5-4-14(21-3)8-12(15)6-7-18/h4-5,8-11,18H,6-7H2,1-3H3. The Kier molecular flexibility index (Phi) is 4.87. The highest BCUT2D eigenvalue weighted by Crippen LogP contribution is 2.28. The second-order valence-electron chi connectivity index (χ2n) is 5.19. The van der Waals surface area contributed by atoms with Crippen LogP contribution in [-0.4, -0.2) is 41.7 Å². The van der Waals surface area contributed by atoms with E-state index in [4.69, 9.17) is 4.74 Å². The molecule has 0 fully saturated rings. The third kappa shape index (κ3) is 3.15. The molecule has 1 aromatic heterocycles. The number of hydrogen-bond acceptors (Lipinski definition) is 5. The third-order valence-corrected chi connectivity index (χ3v) is 5.33. The zero-order chi connectivity index (χ0) is 16.3. The number of aliphatic hydroxyl groups is 1. The monoisotopic (exact) mass is 324 g/mol. The summed E-state index contributed by atoms with van der Waals surface area (Å²) in [7, 11) is -1.90. The van der Waals surface area contributed by atoms with Gasteiger partial charge in [0.1, 0.15) is 5.75 Å². The molecule has 0 saturated heterocycles. The summed E-state index contributed by atoms with van der Waals surface area (Å²) in [5, 5.41) is 12.6. The SMILES string of the molecule is COc1ccc(-c2cnn(S(=O)(=O)C(C)C)c2)c(CCO)c1. The average molecular weight is 324 g/mol. The molecule has 2 rings (SSSR count). The van der Waals surface area contributed by atoms with Gasteiger partial charge in [0.15, 0.2) is 0 Å². The summed E-state index contributed by atoms with van der Waals surface area (Å²) in [6, 6.07) is 5.47. The molecule has 2 aromatic rings. The fourth-order valence-corrected chi connectivity index (χ4v) is 2.98. The van der Waals surface area contributed by atoms with Gasteiger partial charge < -0.3 is 9.84 Å². The van der Waals surface area contributed by atoms with Crippen LogP contribution in [0.15, 0.2) is 30.6 Å². The summed E-state index contributed by atoms with van der Waals surface area (Å²) >= 11 is 0. The van der Waals surface area contributed by atoms with Gasteiger partial charge in [0, 0.05) is 12.2 Å². The van der Waals surface area contributed by atoms with Crippen LogP contribution >= 0.6 is 0 Å². The fourth-order valence-electron chi connectivity index (χ4n) is 2.10. The minimum Gasteiger partial charge on any atom is -0.497 e. The largest absolute Gasteiger partial charge is 0.497 e. The Morgan fingerprint density at radius 2 is 2.09 bits per heavy atom. The molecule has 0 aliphatic rings. The van der Waals surface area contributed by atoms with Crippen molar-refractivity contribution in [3.8, 4) is 16.9 Å². The van der Waals surface area contributed by atoms with E-state index in [9.17, 15) is 13.5 Å². The Labute approximate surface area is 130 Å². The normalized spacial score (nSPS) is 11.9. The predicted molar refractivity (Wildman–Crippen MR) is 84.5 cm³/mol. The summed E-state index contributed by atoms with van der Waals surface area (Å²) in [4.78, 5) is 0. The van der Waals surface area contributed by atoms with Crippen molar-refractivity contribution in [3.05, 3.63) is 36.2 Å². The molecule has 0 atom stereocenters. The molecule has 1 N–H and O–H groups in total.